The standard InChI is InChI=1S/C14H12BrClFNO/c15-10-5-12(17)7-13(6-10)19-14(8-18)9-2-1-3-11(16)4-9/h1-7,14H,8,18H2. The Morgan fingerprint density at radius 1 is 1.26 bits per heavy atom. The smallest absolute Gasteiger partial charge is 0.136 e. The molecule has 0 aliphatic rings. The molecular formula is C14H12BrClFNO. The van der Waals surface area contributed by atoms with Crippen molar-refractivity contribution in [3.8, 4) is 5.75 Å². The van der Waals surface area contributed by atoms with E-state index in [1.807, 2.05) is 12.1 Å². The number of ether oxygens (including phenoxy) is 1. The number of halogens is 3. The van der Waals surface area contributed by atoms with Gasteiger partial charge in [0.05, 0.1) is 0 Å². The Balaban J connectivity index is 2.23. The highest BCUT2D eigenvalue weighted by molar-refractivity contribution is 9.10. The van der Waals surface area contributed by atoms with Crippen molar-refractivity contribution in [2.75, 3.05) is 6.54 Å². The lowest BCUT2D eigenvalue weighted by Crippen LogP contribution is -2.18. The molecule has 0 saturated heterocycles. The average Bonchev–Trinajstić information content (AvgIpc) is 2.34. The lowest BCUT2D eigenvalue weighted by atomic mass is 10.1. The molecular weight excluding hydrogens is 333 g/mol. The Kier molecular flexibility index (Phi) is 4.80. The number of benzene rings is 2. The fraction of sp³-hybridized carbons (Fsp3) is 0.143. The molecule has 0 aliphatic heterocycles. The first kappa shape index (κ1) is 14.3. The predicted molar refractivity (Wildman–Crippen MR) is 78.0 cm³/mol. The summed E-state index contributed by atoms with van der Waals surface area (Å²) in [7, 11) is 0. The minimum atomic E-state index is -0.369. The van der Waals surface area contributed by atoms with Crippen LogP contribution < -0.4 is 10.5 Å². The second-order valence-electron chi connectivity index (χ2n) is 4.00. The summed E-state index contributed by atoms with van der Waals surface area (Å²) < 4.78 is 19.6. The summed E-state index contributed by atoms with van der Waals surface area (Å²) in [6.45, 7) is 0.272. The van der Waals surface area contributed by atoms with Crippen molar-refractivity contribution in [3.63, 3.8) is 0 Å². The highest BCUT2D eigenvalue weighted by atomic mass is 79.9. The zero-order valence-corrected chi connectivity index (χ0v) is 12.3. The normalized spacial score (nSPS) is 12.2. The van der Waals surface area contributed by atoms with Crippen LogP contribution in [0.3, 0.4) is 0 Å². The van der Waals surface area contributed by atoms with Gasteiger partial charge in [-0.15, -0.1) is 0 Å². The maximum Gasteiger partial charge on any atom is 0.136 e. The van der Waals surface area contributed by atoms with Crippen molar-refractivity contribution in [1.82, 2.24) is 0 Å². The van der Waals surface area contributed by atoms with Crippen molar-refractivity contribution in [2.24, 2.45) is 5.73 Å². The molecule has 0 fully saturated rings. The van der Waals surface area contributed by atoms with E-state index in [0.717, 1.165) is 5.56 Å². The van der Waals surface area contributed by atoms with E-state index >= 15 is 0 Å². The zero-order valence-electron chi connectivity index (χ0n) is 9.95. The van der Waals surface area contributed by atoms with Crippen LogP contribution in [0.25, 0.3) is 0 Å². The SMILES string of the molecule is NCC(Oc1cc(F)cc(Br)c1)c1cccc(Cl)c1. The van der Waals surface area contributed by atoms with E-state index in [1.165, 1.54) is 12.1 Å². The molecule has 0 spiro atoms. The van der Waals surface area contributed by atoms with Crippen LogP contribution in [-0.2, 0) is 0 Å². The molecule has 0 radical (unpaired) electrons. The van der Waals surface area contributed by atoms with Crippen LogP contribution in [0.1, 0.15) is 11.7 Å². The molecule has 0 aromatic heterocycles. The zero-order chi connectivity index (χ0) is 13.8. The average molecular weight is 345 g/mol. The third-order valence-corrected chi connectivity index (χ3v) is 3.24. The Labute approximate surface area is 124 Å². The van der Waals surface area contributed by atoms with Crippen LogP contribution in [0.5, 0.6) is 5.75 Å². The maximum absolute atomic E-state index is 13.3. The summed E-state index contributed by atoms with van der Waals surface area (Å²) in [4.78, 5) is 0. The van der Waals surface area contributed by atoms with Gasteiger partial charge in [-0.05, 0) is 29.8 Å². The Morgan fingerprint density at radius 2 is 2.05 bits per heavy atom. The Bertz CT molecular complexity index is 559. The van der Waals surface area contributed by atoms with Crippen molar-refractivity contribution < 1.29 is 9.13 Å². The van der Waals surface area contributed by atoms with Gasteiger partial charge < -0.3 is 10.5 Å². The summed E-state index contributed by atoms with van der Waals surface area (Å²) >= 11 is 9.16. The molecule has 0 bridgehead atoms. The van der Waals surface area contributed by atoms with Crippen molar-refractivity contribution in [2.45, 2.75) is 6.10 Å². The lowest BCUT2D eigenvalue weighted by molar-refractivity contribution is 0.213. The number of hydrogen-bond acceptors (Lipinski definition) is 2. The van der Waals surface area contributed by atoms with Crippen LogP contribution in [-0.4, -0.2) is 6.54 Å². The van der Waals surface area contributed by atoms with E-state index in [9.17, 15) is 4.39 Å². The van der Waals surface area contributed by atoms with Crippen molar-refractivity contribution >= 4 is 27.5 Å². The van der Waals surface area contributed by atoms with E-state index in [2.05, 4.69) is 15.9 Å². The van der Waals surface area contributed by atoms with Crippen molar-refractivity contribution in [1.29, 1.82) is 0 Å². The van der Waals surface area contributed by atoms with Crippen LogP contribution in [0.4, 0.5) is 4.39 Å². The van der Waals surface area contributed by atoms with Gasteiger partial charge in [0.2, 0.25) is 0 Å². The molecule has 2 aromatic rings. The number of hydrogen-bond donors (Lipinski definition) is 1. The van der Waals surface area contributed by atoms with E-state index in [1.54, 1.807) is 18.2 Å². The molecule has 0 saturated carbocycles. The number of nitrogens with two attached hydrogens (primary N) is 1. The van der Waals surface area contributed by atoms with E-state index in [-0.39, 0.29) is 18.5 Å². The minimum absolute atomic E-state index is 0.272. The molecule has 0 heterocycles. The van der Waals surface area contributed by atoms with Gasteiger partial charge in [-0.1, -0.05) is 39.7 Å². The van der Waals surface area contributed by atoms with Gasteiger partial charge in [0, 0.05) is 22.1 Å². The van der Waals surface area contributed by atoms with E-state index < -0.39 is 0 Å². The first-order valence-electron chi connectivity index (χ1n) is 5.67. The molecule has 5 heteroatoms. The van der Waals surface area contributed by atoms with Crippen LogP contribution in [0.15, 0.2) is 46.9 Å². The molecule has 0 amide bonds. The first-order chi connectivity index (χ1) is 9.08. The summed E-state index contributed by atoms with van der Waals surface area (Å²) in [5.74, 6) is 0.0496. The largest absolute Gasteiger partial charge is 0.484 e. The molecule has 0 aliphatic carbocycles. The summed E-state index contributed by atoms with van der Waals surface area (Å²) in [5.41, 5.74) is 6.56. The quantitative estimate of drug-likeness (QED) is 0.896. The fourth-order valence-electron chi connectivity index (χ4n) is 1.72. The van der Waals surface area contributed by atoms with Gasteiger partial charge in [-0.25, -0.2) is 4.39 Å². The highest BCUT2D eigenvalue weighted by Crippen LogP contribution is 2.26. The summed E-state index contributed by atoms with van der Waals surface area (Å²) in [6.07, 6.45) is -0.368. The van der Waals surface area contributed by atoms with Gasteiger partial charge in [0.15, 0.2) is 0 Å². The first-order valence-corrected chi connectivity index (χ1v) is 6.84. The molecule has 1 unspecified atom stereocenters. The Morgan fingerprint density at radius 3 is 2.68 bits per heavy atom. The molecule has 2 rings (SSSR count). The molecule has 2 N–H and O–H groups in total. The molecule has 100 valence electrons. The van der Waals surface area contributed by atoms with Gasteiger partial charge in [-0.2, -0.15) is 0 Å². The Hall–Kier alpha value is -1.10. The predicted octanol–water partition coefficient (Wildman–Crippen LogP) is 4.32. The molecule has 2 aromatic carbocycles. The third kappa shape index (κ3) is 3.93. The van der Waals surface area contributed by atoms with E-state index in [4.69, 9.17) is 22.1 Å². The second-order valence-corrected chi connectivity index (χ2v) is 5.35. The lowest BCUT2D eigenvalue weighted by Gasteiger charge is -2.18. The third-order valence-electron chi connectivity index (χ3n) is 2.55. The monoisotopic (exact) mass is 343 g/mol. The van der Waals surface area contributed by atoms with Crippen LogP contribution in [0, 0.1) is 5.82 Å². The topological polar surface area (TPSA) is 35.2 Å². The summed E-state index contributed by atoms with van der Waals surface area (Å²) in [5, 5.41) is 0.611. The van der Waals surface area contributed by atoms with Gasteiger partial charge >= 0.3 is 0 Å². The van der Waals surface area contributed by atoms with Gasteiger partial charge in [0.25, 0.3) is 0 Å². The number of rotatable bonds is 4. The maximum atomic E-state index is 13.3. The van der Waals surface area contributed by atoms with Crippen LogP contribution >= 0.6 is 27.5 Å². The minimum Gasteiger partial charge on any atom is -0.484 e. The van der Waals surface area contributed by atoms with Crippen LogP contribution in [0.2, 0.25) is 5.02 Å². The highest BCUT2D eigenvalue weighted by Gasteiger charge is 2.13. The molecule has 2 nitrogen and oxygen atoms in total. The fourth-order valence-corrected chi connectivity index (χ4v) is 2.36. The molecule has 19 heavy (non-hydrogen) atoms. The second kappa shape index (κ2) is 6.37. The molecule has 1 atom stereocenters. The van der Waals surface area contributed by atoms with Gasteiger partial charge in [-0.3, -0.25) is 0 Å². The van der Waals surface area contributed by atoms with Gasteiger partial charge in [0.1, 0.15) is 17.7 Å². The summed E-state index contributed by atoms with van der Waals surface area (Å²) in [6, 6.07) is 11.6. The van der Waals surface area contributed by atoms with Crippen molar-refractivity contribution in [3.05, 3.63) is 63.3 Å². The van der Waals surface area contributed by atoms with E-state index in [0.29, 0.717) is 15.2 Å².